The Balaban J connectivity index is 2.42. The molecule has 1 fully saturated rings. The van der Waals surface area contributed by atoms with Gasteiger partial charge in [-0.25, -0.2) is 9.59 Å². The first kappa shape index (κ1) is 15.3. The molecule has 1 saturated heterocycles. The van der Waals surface area contributed by atoms with Gasteiger partial charge >= 0.3 is 12.0 Å². The molecule has 0 aromatic heterocycles. The summed E-state index contributed by atoms with van der Waals surface area (Å²) in [4.78, 5) is 24.4. The number of urea groups is 1. The maximum Gasteiger partial charge on any atom is 0.327 e. The molecule has 1 aliphatic rings. The van der Waals surface area contributed by atoms with E-state index < -0.39 is 12.0 Å². The first-order valence-corrected chi connectivity index (χ1v) is 6.41. The van der Waals surface area contributed by atoms with E-state index in [1.54, 1.807) is 4.90 Å². The SMILES string of the molecule is C#CCC(NC(=O)N1CCC(OCC)CC1)C(=O)O. The molecule has 0 bridgehead atoms. The topological polar surface area (TPSA) is 78.9 Å². The van der Waals surface area contributed by atoms with Gasteiger partial charge in [-0.1, -0.05) is 0 Å². The molecular weight excluding hydrogens is 248 g/mol. The van der Waals surface area contributed by atoms with Gasteiger partial charge < -0.3 is 20.1 Å². The Bertz CT molecular complexity index is 356. The first-order chi connectivity index (χ1) is 9.08. The van der Waals surface area contributed by atoms with Crippen LogP contribution in [0, 0.1) is 12.3 Å². The molecule has 6 heteroatoms. The molecule has 0 aromatic rings. The Morgan fingerprint density at radius 3 is 2.63 bits per heavy atom. The maximum atomic E-state index is 11.9. The van der Waals surface area contributed by atoms with Crippen molar-refractivity contribution >= 4 is 12.0 Å². The van der Waals surface area contributed by atoms with E-state index in [1.807, 2.05) is 6.92 Å². The number of carbonyl (C=O) groups excluding carboxylic acids is 1. The molecule has 19 heavy (non-hydrogen) atoms. The third kappa shape index (κ3) is 4.79. The quantitative estimate of drug-likeness (QED) is 0.718. The smallest absolute Gasteiger partial charge is 0.327 e. The minimum Gasteiger partial charge on any atom is -0.480 e. The third-order valence-electron chi connectivity index (χ3n) is 3.05. The molecule has 0 radical (unpaired) electrons. The van der Waals surface area contributed by atoms with Crippen LogP contribution < -0.4 is 5.32 Å². The van der Waals surface area contributed by atoms with Crippen molar-refractivity contribution in [1.29, 1.82) is 0 Å². The second-order valence-corrected chi connectivity index (χ2v) is 4.39. The fourth-order valence-electron chi connectivity index (χ4n) is 2.02. The van der Waals surface area contributed by atoms with Gasteiger partial charge in [-0.3, -0.25) is 0 Å². The van der Waals surface area contributed by atoms with E-state index in [-0.39, 0.29) is 18.6 Å². The number of carboxylic acid groups (broad SMARTS) is 1. The van der Waals surface area contributed by atoms with Gasteiger partial charge in [0.2, 0.25) is 0 Å². The summed E-state index contributed by atoms with van der Waals surface area (Å²) < 4.78 is 5.49. The highest BCUT2D eigenvalue weighted by atomic mass is 16.5. The van der Waals surface area contributed by atoms with Crippen LogP contribution in [0.4, 0.5) is 4.79 Å². The minimum absolute atomic E-state index is 0.0174. The van der Waals surface area contributed by atoms with Crippen LogP contribution in [-0.4, -0.2) is 53.8 Å². The van der Waals surface area contributed by atoms with Gasteiger partial charge in [0.15, 0.2) is 0 Å². The second-order valence-electron chi connectivity index (χ2n) is 4.39. The van der Waals surface area contributed by atoms with Crippen LogP contribution in [0.2, 0.25) is 0 Å². The zero-order valence-corrected chi connectivity index (χ0v) is 11.1. The number of amides is 2. The fraction of sp³-hybridized carbons (Fsp3) is 0.692. The van der Waals surface area contributed by atoms with E-state index in [1.165, 1.54) is 0 Å². The van der Waals surface area contributed by atoms with Crippen molar-refractivity contribution in [1.82, 2.24) is 10.2 Å². The molecule has 0 aromatic carbocycles. The van der Waals surface area contributed by atoms with Crippen molar-refractivity contribution in [3.63, 3.8) is 0 Å². The Morgan fingerprint density at radius 2 is 2.16 bits per heavy atom. The molecule has 6 nitrogen and oxygen atoms in total. The maximum absolute atomic E-state index is 11.9. The predicted octanol–water partition coefficient (Wildman–Crippen LogP) is 0.673. The van der Waals surface area contributed by atoms with Crippen LogP contribution in [-0.2, 0) is 9.53 Å². The molecule has 2 amide bonds. The van der Waals surface area contributed by atoms with Crippen molar-refractivity contribution < 1.29 is 19.4 Å². The predicted molar refractivity (Wildman–Crippen MR) is 69.6 cm³/mol. The summed E-state index contributed by atoms with van der Waals surface area (Å²) in [6.45, 7) is 3.74. The van der Waals surface area contributed by atoms with Crippen molar-refractivity contribution in [2.45, 2.75) is 38.3 Å². The molecule has 0 aliphatic carbocycles. The van der Waals surface area contributed by atoms with Crippen LogP contribution >= 0.6 is 0 Å². The minimum atomic E-state index is -1.12. The van der Waals surface area contributed by atoms with E-state index in [9.17, 15) is 9.59 Å². The summed E-state index contributed by atoms with van der Waals surface area (Å²) in [6, 6.07) is -1.40. The van der Waals surface area contributed by atoms with Crippen LogP contribution in [0.3, 0.4) is 0 Å². The first-order valence-electron chi connectivity index (χ1n) is 6.41. The number of piperidine rings is 1. The lowest BCUT2D eigenvalue weighted by Crippen LogP contribution is -2.50. The molecular formula is C13H20N2O4. The molecule has 1 heterocycles. The number of nitrogens with zero attached hydrogens (tertiary/aromatic N) is 1. The summed E-state index contributed by atoms with van der Waals surface area (Å²) in [6.07, 6.45) is 6.79. The van der Waals surface area contributed by atoms with E-state index in [2.05, 4.69) is 11.2 Å². The molecule has 1 rings (SSSR count). The number of hydrogen-bond acceptors (Lipinski definition) is 3. The summed E-state index contributed by atoms with van der Waals surface area (Å²) >= 11 is 0. The molecule has 2 N–H and O–H groups in total. The molecule has 1 atom stereocenters. The summed E-state index contributed by atoms with van der Waals surface area (Å²) in [5.74, 6) is 1.13. The molecule has 1 aliphatic heterocycles. The van der Waals surface area contributed by atoms with Gasteiger partial charge in [0.25, 0.3) is 0 Å². The van der Waals surface area contributed by atoms with Gasteiger partial charge in [0.1, 0.15) is 6.04 Å². The van der Waals surface area contributed by atoms with Gasteiger partial charge in [0, 0.05) is 26.1 Å². The summed E-state index contributed by atoms with van der Waals surface area (Å²) in [5.41, 5.74) is 0. The molecule has 1 unspecified atom stereocenters. The van der Waals surface area contributed by atoms with E-state index >= 15 is 0 Å². The number of nitrogens with one attached hydrogen (secondary N) is 1. The number of likely N-dealkylation sites (tertiary alicyclic amines) is 1. The van der Waals surface area contributed by atoms with E-state index in [4.69, 9.17) is 16.3 Å². The zero-order valence-electron chi connectivity index (χ0n) is 11.1. The Hall–Kier alpha value is -1.74. The number of hydrogen-bond donors (Lipinski definition) is 2. The highest BCUT2D eigenvalue weighted by Gasteiger charge is 2.26. The van der Waals surface area contributed by atoms with Gasteiger partial charge in [-0.05, 0) is 19.8 Å². The largest absolute Gasteiger partial charge is 0.480 e. The van der Waals surface area contributed by atoms with Crippen LogP contribution in [0.1, 0.15) is 26.2 Å². The van der Waals surface area contributed by atoms with Crippen LogP contribution in [0.25, 0.3) is 0 Å². The number of carboxylic acids is 1. The number of rotatable bonds is 5. The molecule has 0 spiro atoms. The number of carbonyl (C=O) groups is 2. The number of aliphatic carboxylic acids is 1. The lowest BCUT2D eigenvalue weighted by molar-refractivity contribution is -0.139. The standard InChI is InChI=1S/C13H20N2O4/c1-3-5-11(12(16)17)14-13(18)15-8-6-10(7-9-15)19-4-2/h1,10-11H,4-9H2,2H3,(H,14,18)(H,16,17). The summed E-state index contributed by atoms with van der Waals surface area (Å²) in [7, 11) is 0. The van der Waals surface area contributed by atoms with Crippen LogP contribution in [0.5, 0.6) is 0 Å². The second kappa shape index (κ2) is 7.64. The van der Waals surface area contributed by atoms with Gasteiger partial charge in [0.05, 0.1) is 6.10 Å². The highest BCUT2D eigenvalue weighted by molar-refractivity contribution is 5.82. The van der Waals surface area contributed by atoms with Crippen molar-refractivity contribution in [3.8, 4) is 12.3 Å². The third-order valence-corrected chi connectivity index (χ3v) is 3.05. The molecule has 106 valence electrons. The van der Waals surface area contributed by atoms with Gasteiger partial charge in [-0.15, -0.1) is 12.3 Å². The lowest BCUT2D eigenvalue weighted by Gasteiger charge is -2.32. The number of ether oxygens (including phenoxy) is 1. The van der Waals surface area contributed by atoms with E-state index in [0.717, 1.165) is 12.8 Å². The lowest BCUT2D eigenvalue weighted by atomic mass is 10.1. The molecule has 0 saturated carbocycles. The average molecular weight is 268 g/mol. The van der Waals surface area contributed by atoms with Crippen molar-refractivity contribution in [3.05, 3.63) is 0 Å². The number of terminal acetylenes is 1. The van der Waals surface area contributed by atoms with Crippen molar-refractivity contribution in [2.24, 2.45) is 0 Å². The Labute approximate surface area is 113 Å². The fourth-order valence-corrected chi connectivity index (χ4v) is 2.02. The van der Waals surface area contributed by atoms with Gasteiger partial charge in [-0.2, -0.15) is 0 Å². The summed E-state index contributed by atoms with van der Waals surface area (Å²) in [5, 5.41) is 11.4. The van der Waals surface area contributed by atoms with E-state index in [0.29, 0.717) is 19.7 Å². The van der Waals surface area contributed by atoms with Crippen molar-refractivity contribution in [2.75, 3.05) is 19.7 Å². The Kier molecular flexibility index (Phi) is 6.16. The normalized spacial score (nSPS) is 17.6. The monoisotopic (exact) mass is 268 g/mol. The van der Waals surface area contributed by atoms with Crippen LogP contribution in [0.15, 0.2) is 0 Å². The Morgan fingerprint density at radius 1 is 1.53 bits per heavy atom. The average Bonchev–Trinajstić information content (AvgIpc) is 2.39. The zero-order chi connectivity index (χ0) is 14.3. The highest BCUT2D eigenvalue weighted by Crippen LogP contribution is 2.13.